The number of halogens is 1. The number of nitrogens with one attached hydrogen (secondary N) is 2. The number of nitrogens with two attached hydrogens (primary N) is 1. The molecule has 0 radical (unpaired) electrons. The van der Waals surface area contributed by atoms with Crippen molar-refractivity contribution in [2.24, 2.45) is 0 Å². The van der Waals surface area contributed by atoms with E-state index in [1.807, 2.05) is 19.9 Å². The molecule has 1 atom stereocenters. The lowest BCUT2D eigenvalue weighted by atomic mass is 10.0. The molecule has 5 nitrogen and oxygen atoms in total. The molecule has 0 saturated carbocycles. The molecule has 6 heteroatoms. The van der Waals surface area contributed by atoms with Gasteiger partial charge >= 0.3 is 0 Å². The molecule has 1 fully saturated rings. The zero-order valence-electron chi connectivity index (χ0n) is 17.2. The number of aromatic nitrogens is 1. The second kappa shape index (κ2) is 7.87. The van der Waals surface area contributed by atoms with Gasteiger partial charge in [-0.2, -0.15) is 0 Å². The monoisotopic (exact) mass is 393 g/mol. The summed E-state index contributed by atoms with van der Waals surface area (Å²) >= 11 is 0. The van der Waals surface area contributed by atoms with Gasteiger partial charge in [-0.25, -0.2) is 4.39 Å². The molecule has 2 aromatic carbocycles. The third kappa shape index (κ3) is 3.98. The number of aryl methyl sites for hydroxylation is 2. The average molecular weight is 394 g/mol. The minimum Gasteiger partial charge on any atom is -0.399 e. The van der Waals surface area contributed by atoms with Crippen molar-refractivity contribution in [3.05, 3.63) is 59.0 Å². The normalized spacial score (nSPS) is 15.5. The van der Waals surface area contributed by atoms with E-state index in [-0.39, 0.29) is 11.9 Å². The van der Waals surface area contributed by atoms with Gasteiger partial charge in [0.2, 0.25) is 0 Å². The minimum atomic E-state index is -0.231. The van der Waals surface area contributed by atoms with Crippen molar-refractivity contribution < 1.29 is 4.39 Å². The summed E-state index contributed by atoms with van der Waals surface area (Å²) in [6, 6.07) is 11.6. The standard InChI is InChI=1S/C23H28FN5/c1-14-10-17(25)12-19(23(14)24)16(3)28-22-11-15(2)27-21-5-4-18(13-20(21)22)29-8-6-26-7-9-29/h4-5,10-13,16,26H,6-9,25H2,1-3H3,(H,27,28)/t16-/m1/s1. The molecule has 152 valence electrons. The smallest absolute Gasteiger partial charge is 0.131 e. The summed E-state index contributed by atoms with van der Waals surface area (Å²) in [5.41, 5.74) is 11.7. The Labute approximate surface area is 171 Å². The summed E-state index contributed by atoms with van der Waals surface area (Å²) in [7, 11) is 0. The fourth-order valence-electron chi connectivity index (χ4n) is 4.04. The maximum absolute atomic E-state index is 14.7. The Morgan fingerprint density at radius 1 is 1.14 bits per heavy atom. The molecule has 0 amide bonds. The number of pyridine rings is 1. The summed E-state index contributed by atoms with van der Waals surface area (Å²) in [6.45, 7) is 9.62. The Balaban J connectivity index is 1.72. The van der Waals surface area contributed by atoms with Crippen molar-refractivity contribution in [2.45, 2.75) is 26.8 Å². The molecule has 0 bridgehead atoms. The van der Waals surface area contributed by atoms with Gasteiger partial charge in [-0.3, -0.25) is 4.98 Å². The van der Waals surface area contributed by atoms with Crippen LogP contribution in [0, 0.1) is 19.7 Å². The van der Waals surface area contributed by atoms with Gasteiger partial charge in [0.05, 0.1) is 11.6 Å². The number of rotatable bonds is 4. The topological polar surface area (TPSA) is 66.2 Å². The molecule has 3 aromatic rings. The first kappa shape index (κ1) is 19.5. The van der Waals surface area contributed by atoms with Gasteiger partial charge in [0, 0.05) is 59.9 Å². The predicted molar refractivity (Wildman–Crippen MR) is 119 cm³/mol. The van der Waals surface area contributed by atoms with E-state index >= 15 is 0 Å². The van der Waals surface area contributed by atoms with E-state index in [0.29, 0.717) is 16.8 Å². The number of hydrogen-bond acceptors (Lipinski definition) is 5. The number of piperazine rings is 1. The summed E-state index contributed by atoms with van der Waals surface area (Å²) in [4.78, 5) is 7.06. The van der Waals surface area contributed by atoms with Gasteiger partial charge in [-0.15, -0.1) is 0 Å². The molecule has 0 spiro atoms. The first-order chi connectivity index (χ1) is 13.9. The van der Waals surface area contributed by atoms with Crippen LogP contribution in [0.25, 0.3) is 10.9 Å². The molecule has 1 saturated heterocycles. The molecule has 0 aliphatic carbocycles. The first-order valence-electron chi connectivity index (χ1n) is 10.1. The quantitative estimate of drug-likeness (QED) is 0.581. The second-order valence-corrected chi connectivity index (χ2v) is 7.86. The number of nitrogens with zero attached hydrogens (tertiary/aromatic N) is 2. The van der Waals surface area contributed by atoms with E-state index < -0.39 is 0 Å². The second-order valence-electron chi connectivity index (χ2n) is 7.86. The third-order valence-electron chi connectivity index (χ3n) is 5.55. The molecular weight excluding hydrogens is 365 g/mol. The van der Waals surface area contributed by atoms with E-state index in [1.54, 1.807) is 19.1 Å². The van der Waals surface area contributed by atoms with Crippen LogP contribution in [0.5, 0.6) is 0 Å². The number of benzene rings is 2. The summed E-state index contributed by atoms with van der Waals surface area (Å²) in [5, 5.41) is 7.93. The largest absolute Gasteiger partial charge is 0.399 e. The van der Waals surface area contributed by atoms with Crippen molar-refractivity contribution in [3.8, 4) is 0 Å². The number of nitrogen functional groups attached to an aromatic ring is 1. The lowest BCUT2D eigenvalue weighted by Gasteiger charge is -2.30. The van der Waals surface area contributed by atoms with Gasteiger partial charge in [-0.1, -0.05) is 0 Å². The first-order valence-corrected chi connectivity index (χ1v) is 10.1. The Hall–Kier alpha value is -2.86. The van der Waals surface area contributed by atoms with Gasteiger partial charge in [0.15, 0.2) is 0 Å². The summed E-state index contributed by atoms with van der Waals surface area (Å²) < 4.78 is 14.7. The van der Waals surface area contributed by atoms with Crippen molar-refractivity contribution in [3.63, 3.8) is 0 Å². The molecule has 4 N–H and O–H groups in total. The van der Waals surface area contributed by atoms with E-state index in [0.717, 1.165) is 48.5 Å². The fraction of sp³-hybridized carbons (Fsp3) is 0.348. The minimum absolute atomic E-state index is 0.212. The number of anilines is 3. The molecule has 2 heterocycles. The average Bonchev–Trinajstić information content (AvgIpc) is 2.71. The third-order valence-corrected chi connectivity index (χ3v) is 5.55. The summed E-state index contributed by atoms with van der Waals surface area (Å²) in [6.07, 6.45) is 0. The Morgan fingerprint density at radius 3 is 2.66 bits per heavy atom. The van der Waals surface area contributed by atoms with Crippen LogP contribution in [0.2, 0.25) is 0 Å². The van der Waals surface area contributed by atoms with Crippen LogP contribution in [0.3, 0.4) is 0 Å². The zero-order valence-corrected chi connectivity index (χ0v) is 17.2. The highest BCUT2D eigenvalue weighted by molar-refractivity contribution is 5.94. The highest BCUT2D eigenvalue weighted by Crippen LogP contribution is 2.32. The maximum atomic E-state index is 14.7. The molecule has 1 aliphatic heterocycles. The van der Waals surface area contributed by atoms with E-state index in [4.69, 9.17) is 5.73 Å². The lowest BCUT2D eigenvalue weighted by Crippen LogP contribution is -2.43. The van der Waals surface area contributed by atoms with Crippen LogP contribution < -0.4 is 21.3 Å². The Kier molecular flexibility index (Phi) is 5.28. The molecule has 29 heavy (non-hydrogen) atoms. The lowest BCUT2D eigenvalue weighted by molar-refractivity contribution is 0.589. The van der Waals surface area contributed by atoms with Crippen molar-refractivity contribution in [1.82, 2.24) is 10.3 Å². The molecule has 1 aromatic heterocycles. The molecular formula is C23H28FN5. The predicted octanol–water partition coefficient (Wildman–Crippen LogP) is 4.16. The van der Waals surface area contributed by atoms with Crippen molar-refractivity contribution in [2.75, 3.05) is 42.1 Å². The van der Waals surface area contributed by atoms with Crippen molar-refractivity contribution in [1.29, 1.82) is 0 Å². The van der Waals surface area contributed by atoms with Crippen LogP contribution in [-0.4, -0.2) is 31.2 Å². The fourth-order valence-corrected chi connectivity index (χ4v) is 4.04. The van der Waals surface area contributed by atoms with E-state index in [9.17, 15) is 4.39 Å². The van der Waals surface area contributed by atoms with Gasteiger partial charge in [-0.05, 0) is 62.7 Å². The van der Waals surface area contributed by atoms with Crippen LogP contribution in [-0.2, 0) is 0 Å². The van der Waals surface area contributed by atoms with Crippen LogP contribution in [0.15, 0.2) is 36.4 Å². The van der Waals surface area contributed by atoms with E-state index in [1.165, 1.54) is 5.69 Å². The zero-order chi connectivity index (χ0) is 20.5. The molecule has 1 aliphatic rings. The Morgan fingerprint density at radius 2 is 1.90 bits per heavy atom. The molecule has 4 rings (SSSR count). The van der Waals surface area contributed by atoms with Gasteiger partial charge < -0.3 is 21.3 Å². The summed E-state index contributed by atoms with van der Waals surface area (Å²) in [5.74, 6) is -0.212. The Bertz CT molecular complexity index is 1040. The van der Waals surface area contributed by atoms with Crippen LogP contribution in [0.4, 0.5) is 21.5 Å². The van der Waals surface area contributed by atoms with Crippen LogP contribution in [0.1, 0.15) is 29.8 Å². The van der Waals surface area contributed by atoms with Gasteiger partial charge in [0.25, 0.3) is 0 Å². The van der Waals surface area contributed by atoms with Crippen LogP contribution >= 0.6 is 0 Å². The highest BCUT2D eigenvalue weighted by Gasteiger charge is 2.17. The number of hydrogen-bond donors (Lipinski definition) is 3. The SMILES string of the molecule is Cc1cc(N[C@H](C)c2cc(N)cc(C)c2F)c2cc(N3CCNCC3)ccc2n1. The van der Waals surface area contributed by atoms with E-state index in [2.05, 4.69) is 38.7 Å². The maximum Gasteiger partial charge on any atom is 0.131 e. The van der Waals surface area contributed by atoms with Crippen molar-refractivity contribution >= 4 is 28.0 Å². The number of fused-ring (bicyclic) bond motifs is 1. The van der Waals surface area contributed by atoms with Gasteiger partial charge in [0.1, 0.15) is 5.82 Å². The highest BCUT2D eigenvalue weighted by atomic mass is 19.1. The molecule has 0 unspecified atom stereocenters.